The molecule has 0 unspecified atom stereocenters. The number of rotatable bonds is 6. The molecule has 19 rings (SSSR count). The van der Waals surface area contributed by atoms with Gasteiger partial charge in [-0.05, 0) is 164 Å². The van der Waals surface area contributed by atoms with Gasteiger partial charge < -0.3 is 13.7 Å². The summed E-state index contributed by atoms with van der Waals surface area (Å²) in [6, 6.07) is 93.8. The van der Waals surface area contributed by atoms with E-state index in [9.17, 15) is 0 Å². The zero-order valence-corrected chi connectivity index (χ0v) is 50.9. The summed E-state index contributed by atoms with van der Waals surface area (Å²) in [5.41, 5.74) is 28.6. The molecule has 3 aliphatic rings. The molecule has 90 heavy (non-hydrogen) atoms. The lowest BCUT2D eigenvalue weighted by Crippen LogP contribution is -2.15. The van der Waals surface area contributed by atoms with E-state index >= 15 is 0 Å². The monoisotopic (exact) mass is 1150 g/mol. The highest BCUT2D eigenvalue weighted by atomic mass is 15.0. The molecule has 0 fully saturated rings. The third-order valence-electron chi connectivity index (χ3n) is 20.8. The lowest BCUT2D eigenvalue weighted by atomic mass is 9.80. The van der Waals surface area contributed by atoms with Crippen molar-refractivity contribution in [3.63, 3.8) is 0 Å². The van der Waals surface area contributed by atoms with Crippen LogP contribution in [0.25, 0.3) is 150 Å². The van der Waals surface area contributed by atoms with Crippen molar-refractivity contribution >= 4 is 65.4 Å². The minimum atomic E-state index is -0.182. The van der Waals surface area contributed by atoms with E-state index < -0.39 is 0 Å². The molecule has 0 amide bonds. The van der Waals surface area contributed by atoms with Crippen LogP contribution in [0.1, 0.15) is 74.9 Å². The van der Waals surface area contributed by atoms with Crippen molar-refractivity contribution < 1.29 is 0 Å². The molecule has 16 aromatic rings. The highest BCUT2D eigenvalue weighted by Gasteiger charge is 2.41. The maximum atomic E-state index is 5.44. The van der Waals surface area contributed by atoms with Crippen LogP contribution in [0, 0.1) is 0 Å². The molecule has 4 aromatic heterocycles. The Morgan fingerprint density at radius 1 is 0.244 bits per heavy atom. The Morgan fingerprint density at radius 2 is 0.567 bits per heavy atom. The van der Waals surface area contributed by atoms with Crippen molar-refractivity contribution in [2.24, 2.45) is 0 Å². The van der Waals surface area contributed by atoms with Gasteiger partial charge in [-0.1, -0.05) is 199 Å². The van der Waals surface area contributed by atoms with Gasteiger partial charge in [-0.3, -0.25) is 0 Å². The third-order valence-corrected chi connectivity index (χ3v) is 20.8. The maximum Gasteiger partial charge on any atom is 0.164 e. The average Bonchev–Trinajstić information content (AvgIpc) is 1.56. The Bertz CT molecular complexity index is 5560. The second kappa shape index (κ2) is 18.1. The van der Waals surface area contributed by atoms with Crippen LogP contribution in [0.3, 0.4) is 0 Å². The highest BCUT2D eigenvalue weighted by molar-refractivity contribution is 6.17. The Kier molecular flexibility index (Phi) is 10.3. The second-order valence-corrected chi connectivity index (χ2v) is 26.7. The van der Waals surface area contributed by atoms with Gasteiger partial charge in [-0.15, -0.1) is 0 Å². The van der Waals surface area contributed by atoms with Crippen molar-refractivity contribution in [1.82, 2.24) is 28.7 Å². The van der Waals surface area contributed by atoms with Gasteiger partial charge in [0, 0.05) is 82.3 Å². The van der Waals surface area contributed by atoms with Crippen LogP contribution in [0.15, 0.2) is 255 Å². The first-order chi connectivity index (χ1) is 43.9. The minimum absolute atomic E-state index is 0.164. The van der Waals surface area contributed by atoms with E-state index in [4.69, 9.17) is 15.0 Å². The molecule has 6 heteroatoms. The molecule has 0 N–H and O–H groups in total. The zero-order valence-electron chi connectivity index (χ0n) is 50.9. The number of hydrogen-bond donors (Lipinski definition) is 0. The molecule has 0 radical (unpaired) electrons. The topological polar surface area (TPSA) is 53.5 Å². The Morgan fingerprint density at radius 3 is 0.944 bits per heavy atom. The largest absolute Gasteiger partial charge is 0.309 e. The highest BCUT2D eigenvalue weighted by Crippen LogP contribution is 2.57. The summed E-state index contributed by atoms with van der Waals surface area (Å²) in [6.07, 6.45) is 0. The van der Waals surface area contributed by atoms with Crippen LogP contribution in [0.2, 0.25) is 0 Å². The summed E-state index contributed by atoms with van der Waals surface area (Å²) in [7, 11) is 0. The molecule has 12 aromatic carbocycles. The van der Waals surface area contributed by atoms with E-state index in [1.165, 1.54) is 127 Å². The Balaban J connectivity index is 0.766. The number of benzene rings is 12. The van der Waals surface area contributed by atoms with Crippen molar-refractivity contribution in [3.8, 4) is 84.6 Å². The molecule has 0 atom stereocenters. The van der Waals surface area contributed by atoms with Crippen LogP contribution in [0.5, 0.6) is 0 Å². The standard InChI is InChI=1S/C84H60N6/c1-82(2)64-28-13-7-22-55(64)58-42-45-70-73(76(58)82)61-25-10-16-31-67(61)88(70)52-38-34-49(35-39-52)79-85-80(50-36-40-53(41-37-50)89-68-32-17-11-26-62(68)74-71(89)46-43-59-56-23-8-14-29-65(56)83(3,4)77(59)74)87-81(86-79)51-20-19-21-54(48-51)90-69-33-18-12-27-63(69)75-72(90)47-44-60-57-24-9-15-30-66(57)84(5,6)78(60)75/h7-48H,1-6H3. The van der Waals surface area contributed by atoms with Crippen molar-refractivity contribution in [2.75, 3.05) is 0 Å². The molecular formula is C84H60N6. The Hall–Kier alpha value is -11.0. The molecule has 426 valence electrons. The summed E-state index contributed by atoms with van der Waals surface area (Å²) in [4.78, 5) is 16.3. The predicted molar refractivity (Wildman–Crippen MR) is 372 cm³/mol. The van der Waals surface area contributed by atoms with Crippen molar-refractivity contribution in [2.45, 2.75) is 57.8 Å². The molecule has 3 aliphatic carbocycles. The van der Waals surface area contributed by atoms with E-state index in [0.717, 1.165) is 39.3 Å². The third kappa shape index (κ3) is 6.80. The number of hydrogen-bond acceptors (Lipinski definition) is 3. The summed E-state index contributed by atoms with van der Waals surface area (Å²) in [6.45, 7) is 14.3. The lowest BCUT2D eigenvalue weighted by molar-refractivity contribution is 0.666. The van der Waals surface area contributed by atoms with Crippen LogP contribution in [0.4, 0.5) is 0 Å². The summed E-state index contributed by atoms with van der Waals surface area (Å²) in [5.74, 6) is 1.80. The van der Waals surface area contributed by atoms with Crippen LogP contribution < -0.4 is 0 Å². The zero-order chi connectivity index (χ0) is 60.1. The smallest absolute Gasteiger partial charge is 0.164 e. The van der Waals surface area contributed by atoms with Crippen LogP contribution in [-0.4, -0.2) is 28.7 Å². The first kappa shape index (κ1) is 51.1. The number of nitrogens with zero attached hydrogens (tertiary/aromatic N) is 6. The molecule has 4 heterocycles. The van der Waals surface area contributed by atoms with E-state index in [-0.39, 0.29) is 16.2 Å². The van der Waals surface area contributed by atoms with Gasteiger partial charge in [-0.25, -0.2) is 15.0 Å². The molecule has 0 saturated carbocycles. The van der Waals surface area contributed by atoms with Gasteiger partial charge in [-0.2, -0.15) is 0 Å². The first-order valence-corrected chi connectivity index (χ1v) is 31.5. The Labute approximate surface area is 521 Å². The average molecular weight is 1150 g/mol. The van der Waals surface area contributed by atoms with Crippen LogP contribution >= 0.6 is 0 Å². The van der Waals surface area contributed by atoms with Crippen molar-refractivity contribution in [3.05, 3.63) is 288 Å². The van der Waals surface area contributed by atoms with Gasteiger partial charge in [0.1, 0.15) is 0 Å². The van der Waals surface area contributed by atoms with Gasteiger partial charge >= 0.3 is 0 Å². The van der Waals surface area contributed by atoms with E-state index in [2.05, 4.69) is 310 Å². The van der Waals surface area contributed by atoms with Gasteiger partial charge in [0.25, 0.3) is 0 Å². The lowest BCUT2D eigenvalue weighted by Gasteiger charge is -2.22. The van der Waals surface area contributed by atoms with Crippen LogP contribution in [-0.2, 0) is 16.2 Å². The molecule has 0 bridgehead atoms. The summed E-state index contributed by atoms with van der Waals surface area (Å²) >= 11 is 0. The molecular weight excluding hydrogens is 1090 g/mol. The molecule has 0 aliphatic heterocycles. The van der Waals surface area contributed by atoms with E-state index in [1.54, 1.807) is 0 Å². The fraction of sp³-hybridized carbons (Fsp3) is 0.107. The molecule has 0 saturated heterocycles. The minimum Gasteiger partial charge on any atom is -0.309 e. The molecule has 6 nitrogen and oxygen atoms in total. The normalized spacial score (nSPS) is 14.6. The van der Waals surface area contributed by atoms with Gasteiger partial charge in [0.15, 0.2) is 17.5 Å². The predicted octanol–water partition coefficient (Wildman–Crippen LogP) is 21.1. The number of aromatic nitrogens is 6. The number of fused-ring (bicyclic) bond motifs is 21. The number of para-hydroxylation sites is 3. The SMILES string of the molecule is CC1(C)c2ccccc2-c2ccc3c(c21)c1ccccc1n3-c1ccc(-c2nc(-c3ccc(-n4c5ccccc5c5c6c(ccc54)-c4ccccc4C6(C)C)cc3)nc(-c3cccc(-n4c5ccccc5c5c6c(ccc54)-c4ccccc4C6(C)C)c3)n2)cc1. The summed E-state index contributed by atoms with van der Waals surface area (Å²) in [5, 5.41) is 7.67. The van der Waals surface area contributed by atoms with Crippen molar-refractivity contribution in [1.29, 1.82) is 0 Å². The first-order valence-electron chi connectivity index (χ1n) is 31.5. The van der Waals surface area contributed by atoms with Gasteiger partial charge in [0.05, 0.1) is 33.1 Å². The molecule has 0 spiro atoms. The summed E-state index contributed by atoms with van der Waals surface area (Å²) < 4.78 is 7.29. The van der Waals surface area contributed by atoms with E-state index in [0.29, 0.717) is 17.5 Å². The van der Waals surface area contributed by atoms with Gasteiger partial charge in [0.2, 0.25) is 0 Å². The quantitative estimate of drug-likeness (QED) is 0.167. The maximum absolute atomic E-state index is 5.44. The fourth-order valence-electron chi connectivity index (χ4n) is 16.9. The van der Waals surface area contributed by atoms with E-state index in [1.807, 2.05) is 0 Å². The fourth-order valence-corrected chi connectivity index (χ4v) is 16.9. The second-order valence-electron chi connectivity index (χ2n) is 26.7.